The van der Waals surface area contributed by atoms with E-state index in [1.54, 1.807) is 0 Å². The average Bonchev–Trinajstić information content (AvgIpc) is 2.80. The van der Waals surface area contributed by atoms with E-state index < -0.39 is 0 Å². The van der Waals surface area contributed by atoms with Crippen LogP contribution in [0.1, 0.15) is 18.7 Å². The number of esters is 1. The lowest BCUT2D eigenvalue weighted by molar-refractivity contribution is -0.140. The molecule has 0 aliphatic heterocycles. The van der Waals surface area contributed by atoms with Crippen molar-refractivity contribution in [3.05, 3.63) is 30.2 Å². The summed E-state index contributed by atoms with van der Waals surface area (Å²) in [6, 6.07) is 7.70. The maximum Gasteiger partial charge on any atom is 0.305 e. The molecule has 1 heterocycles. The highest BCUT2D eigenvalue weighted by molar-refractivity contribution is 5.72. The fourth-order valence-corrected chi connectivity index (χ4v) is 1.89. The molecule has 19 heavy (non-hydrogen) atoms. The number of oxazole rings is 1. The van der Waals surface area contributed by atoms with Gasteiger partial charge in [-0.1, -0.05) is 12.1 Å². The largest absolute Gasteiger partial charge is 0.469 e. The van der Waals surface area contributed by atoms with E-state index >= 15 is 0 Å². The number of carbonyl (C=O) groups is 1. The Balaban J connectivity index is 1.84. The minimum atomic E-state index is -0.171. The van der Waals surface area contributed by atoms with Gasteiger partial charge in [0.2, 0.25) is 5.89 Å². The number of carbonyl (C=O) groups excluding carboxylic acids is 1. The molecule has 0 N–H and O–H groups in total. The van der Waals surface area contributed by atoms with Crippen molar-refractivity contribution in [2.24, 2.45) is 0 Å². The van der Waals surface area contributed by atoms with Crippen LogP contribution >= 0.6 is 0 Å². The van der Waals surface area contributed by atoms with Gasteiger partial charge in [-0.25, -0.2) is 4.98 Å². The molecule has 0 aliphatic carbocycles. The van der Waals surface area contributed by atoms with Crippen LogP contribution < -0.4 is 0 Å². The molecule has 0 radical (unpaired) electrons. The topological polar surface area (TPSA) is 55.6 Å². The van der Waals surface area contributed by atoms with Gasteiger partial charge in [0, 0.05) is 6.42 Å². The Morgan fingerprint density at radius 1 is 1.42 bits per heavy atom. The highest BCUT2D eigenvalue weighted by Gasteiger charge is 2.08. The lowest BCUT2D eigenvalue weighted by Gasteiger charge is -2.13. The van der Waals surface area contributed by atoms with Crippen LogP contribution in [0.15, 0.2) is 28.7 Å². The zero-order chi connectivity index (χ0) is 13.7. The van der Waals surface area contributed by atoms with Gasteiger partial charge >= 0.3 is 5.97 Å². The van der Waals surface area contributed by atoms with Crippen LogP contribution in [-0.2, 0) is 16.1 Å². The average molecular weight is 262 g/mol. The van der Waals surface area contributed by atoms with E-state index in [4.69, 9.17) is 4.42 Å². The first kappa shape index (κ1) is 13.5. The van der Waals surface area contributed by atoms with Crippen molar-refractivity contribution in [2.75, 3.05) is 20.7 Å². The number of methoxy groups -OCH3 is 1. The molecular formula is C14H18N2O3. The first-order valence-electron chi connectivity index (χ1n) is 6.29. The first-order valence-corrected chi connectivity index (χ1v) is 6.29. The standard InChI is InChI=1S/C14H18N2O3/c1-16(9-5-8-14(17)18-2)10-13-15-11-6-3-4-7-12(11)19-13/h3-4,6-7H,5,8-10H2,1-2H3. The molecule has 1 aromatic carbocycles. The minimum Gasteiger partial charge on any atom is -0.469 e. The number of ether oxygens (including phenoxy) is 1. The molecule has 0 spiro atoms. The minimum absolute atomic E-state index is 0.171. The third-order valence-corrected chi connectivity index (χ3v) is 2.89. The molecule has 0 unspecified atom stereocenters. The van der Waals surface area contributed by atoms with Crippen molar-refractivity contribution in [1.29, 1.82) is 0 Å². The van der Waals surface area contributed by atoms with E-state index in [0.717, 1.165) is 24.1 Å². The zero-order valence-electron chi connectivity index (χ0n) is 11.3. The number of rotatable bonds is 6. The van der Waals surface area contributed by atoms with Gasteiger partial charge in [0.25, 0.3) is 0 Å². The van der Waals surface area contributed by atoms with Crippen molar-refractivity contribution >= 4 is 17.1 Å². The molecule has 102 valence electrons. The normalized spacial score (nSPS) is 11.1. The van der Waals surface area contributed by atoms with Gasteiger partial charge < -0.3 is 9.15 Å². The lowest BCUT2D eigenvalue weighted by atomic mass is 10.3. The number of hydrogen-bond acceptors (Lipinski definition) is 5. The van der Waals surface area contributed by atoms with Gasteiger partial charge in [0.1, 0.15) is 5.52 Å². The molecule has 1 aromatic heterocycles. The Morgan fingerprint density at radius 2 is 2.21 bits per heavy atom. The van der Waals surface area contributed by atoms with E-state index in [-0.39, 0.29) is 5.97 Å². The summed E-state index contributed by atoms with van der Waals surface area (Å²) in [5.74, 6) is 0.525. The highest BCUT2D eigenvalue weighted by atomic mass is 16.5. The second-order valence-electron chi connectivity index (χ2n) is 4.49. The molecule has 0 atom stereocenters. The molecule has 0 aliphatic rings. The summed E-state index contributed by atoms with van der Waals surface area (Å²) in [6.07, 6.45) is 1.21. The predicted molar refractivity (Wildman–Crippen MR) is 71.6 cm³/mol. The van der Waals surface area contributed by atoms with Gasteiger partial charge in [-0.05, 0) is 32.1 Å². The number of aromatic nitrogens is 1. The maximum atomic E-state index is 11.0. The fraction of sp³-hybridized carbons (Fsp3) is 0.429. The molecular weight excluding hydrogens is 244 g/mol. The van der Waals surface area contributed by atoms with Crippen LogP contribution in [0.5, 0.6) is 0 Å². The smallest absolute Gasteiger partial charge is 0.305 e. The summed E-state index contributed by atoms with van der Waals surface area (Å²) in [5, 5.41) is 0. The summed E-state index contributed by atoms with van der Waals surface area (Å²) in [6.45, 7) is 1.43. The van der Waals surface area contributed by atoms with Crippen molar-refractivity contribution in [3.8, 4) is 0 Å². The van der Waals surface area contributed by atoms with E-state index in [1.165, 1.54) is 7.11 Å². The first-order chi connectivity index (χ1) is 9.19. The second kappa shape index (κ2) is 6.33. The fourth-order valence-electron chi connectivity index (χ4n) is 1.89. The zero-order valence-corrected chi connectivity index (χ0v) is 11.3. The Hall–Kier alpha value is -1.88. The second-order valence-corrected chi connectivity index (χ2v) is 4.49. The summed E-state index contributed by atoms with van der Waals surface area (Å²) >= 11 is 0. The molecule has 2 aromatic rings. The maximum absolute atomic E-state index is 11.0. The van der Waals surface area contributed by atoms with Crippen molar-refractivity contribution in [1.82, 2.24) is 9.88 Å². The van der Waals surface area contributed by atoms with Crippen molar-refractivity contribution < 1.29 is 13.9 Å². The van der Waals surface area contributed by atoms with E-state index in [9.17, 15) is 4.79 Å². The van der Waals surface area contributed by atoms with E-state index in [0.29, 0.717) is 18.9 Å². The van der Waals surface area contributed by atoms with Crippen LogP contribution in [0.25, 0.3) is 11.1 Å². The van der Waals surface area contributed by atoms with Gasteiger partial charge in [-0.2, -0.15) is 0 Å². The van der Waals surface area contributed by atoms with Crippen molar-refractivity contribution in [2.45, 2.75) is 19.4 Å². The van der Waals surface area contributed by atoms with Crippen LogP contribution in [0.2, 0.25) is 0 Å². The summed E-state index contributed by atoms with van der Waals surface area (Å²) < 4.78 is 10.2. The SMILES string of the molecule is COC(=O)CCCN(C)Cc1nc2ccccc2o1. The van der Waals surface area contributed by atoms with Crippen LogP contribution in [0, 0.1) is 0 Å². The lowest BCUT2D eigenvalue weighted by Crippen LogP contribution is -2.20. The summed E-state index contributed by atoms with van der Waals surface area (Å²) in [5.41, 5.74) is 1.68. The predicted octanol–water partition coefficient (Wildman–Crippen LogP) is 2.21. The molecule has 5 heteroatoms. The third-order valence-electron chi connectivity index (χ3n) is 2.89. The summed E-state index contributed by atoms with van der Waals surface area (Å²) in [4.78, 5) is 17.5. The molecule has 0 amide bonds. The van der Waals surface area contributed by atoms with Gasteiger partial charge in [0.05, 0.1) is 13.7 Å². The molecule has 0 saturated carbocycles. The monoisotopic (exact) mass is 262 g/mol. The van der Waals surface area contributed by atoms with Gasteiger partial charge in [-0.3, -0.25) is 9.69 Å². The van der Waals surface area contributed by atoms with Gasteiger partial charge in [-0.15, -0.1) is 0 Å². The Kier molecular flexibility index (Phi) is 4.52. The Labute approximate surface area is 112 Å². The Morgan fingerprint density at radius 3 is 2.95 bits per heavy atom. The van der Waals surface area contributed by atoms with E-state index in [1.807, 2.05) is 31.3 Å². The number of hydrogen-bond donors (Lipinski definition) is 0. The Bertz CT molecular complexity index is 517. The highest BCUT2D eigenvalue weighted by Crippen LogP contribution is 2.15. The number of nitrogens with zero attached hydrogens (tertiary/aromatic N) is 2. The summed E-state index contributed by atoms with van der Waals surface area (Å²) in [7, 11) is 3.39. The van der Waals surface area contributed by atoms with E-state index in [2.05, 4.69) is 14.6 Å². The molecule has 0 fully saturated rings. The number of para-hydroxylation sites is 2. The van der Waals surface area contributed by atoms with Crippen LogP contribution in [0.4, 0.5) is 0 Å². The van der Waals surface area contributed by atoms with Crippen LogP contribution in [0.3, 0.4) is 0 Å². The number of benzene rings is 1. The molecule has 2 rings (SSSR count). The van der Waals surface area contributed by atoms with Crippen molar-refractivity contribution in [3.63, 3.8) is 0 Å². The van der Waals surface area contributed by atoms with Gasteiger partial charge in [0.15, 0.2) is 5.58 Å². The molecule has 5 nitrogen and oxygen atoms in total. The number of fused-ring (bicyclic) bond motifs is 1. The molecule has 0 saturated heterocycles. The molecule has 0 bridgehead atoms. The van der Waals surface area contributed by atoms with Crippen LogP contribution in [-0.4, -0.2) is 36.6 Å². The third kappa shape index (κ3) is 3.79. The quantitative estimate of drug-likeness (QED) is 0.747.